The van der Waals surface area contributed by atoms with Crippen molar-refractivity contribution in [3.05, 3.63) is 36.5 Å². The maximum absolute atomic E-state index is 12.8. The third kappa shape index (κ3) is 30.6. The number of rotatable bonds is 38. The minimum absolute atomic E-state index is 0.0192. The molecule has 0 bridgehead atoms. The molecule has 11 nitrogen and oxygen atoms in total. The highest BCUT2D eigenvalue weighted by atomic mass is 31.2. The molecule has 58 heavy (non-hydrogen) atoms. The summed E-state index contributed by atoms with van der Waals surface area (Å²) in [6.45, 7) is 4.96. The van der Waals surface area contributed by atoms with Crippen LogP contribution < -0.4 is 4.89 Å². The van der Waals surface area contributed by atoms with Crippen molar-refractivity contribution in [3.8, 4) is 0 Å². The van der Waals surface area contributed by atoms with E-state index in [1.807, 2.05) is 39.4 Å². The van der Waals surface area contributed by atoms with Gasteiger partial charge in [-0.15, -0.1) is 0 Å². The Kier molecular flexibility index (Phi) is 32.2. The minimum Gasteiger partial charge on any atom is -0.756 e. The molecule has 0 spiro atoms. The number of unbranched alkanes of at least 4 members (excludes halogenated alkanes) is 15. The molecule has 340 valence electrons. The molecule has 7 unspecified atom stereocenters. The Labute approximate surface area is 353 Å². The molecule has 0 aromatic carbocycles. The van der Waals surface area contributed by atoms with Gasteiger partial charge in [-0.1, -0.05) is 127 Å². The lowest BCUT2D eigenvalue weighted by Crippen LogP contribution is -2.37. The van der Waals surface area contributed by atoms with Crippen LogP contribution in [0, 0.1) is 11.8 Å². The maximum atomic E-state index is 12.8. The Morgan fingerprint density at radius 2 is 1.34 bits per heavy atom. The van der Waals surface area contributed by atoms with Gasteiger partial charge in [-0.05, 0) is 63.7 Å². The summed E-state index contributed by atoms with van der Waals surface area (Å²) in [4.78, 5) is 25.2. The normalized spacial score (nSPS) is 21.1. The summed E-state index contributed by atoms with van der Waals surface area (Å²) >= 11 is 0. The molecular formula is C46H86NO10P. The molecule has 0 aromatic rings. The number of ether oxygens (including phenoxy) is 2. The number of carbonyl (C=O) groups excluding carboxylic acids is 1. The Hall–Kier alpha value is -1.40. The van der Waals surface area contributed by atoms with Gasteiger partial charge in [0.25, 0.3) is 7.82 Å². The van der Waals surface area contributed by atoms with Crippen molar-refractivity contribution in [2.45, 2.75) is 186 Å². The Morgan fingerprint density at radius 3 is 2.00 bits per heavy atom. The number of phosphoric acid groups is 1. The van der Waals surface area contributed by atoms with E-state index in [0.717, 1.165) is 44.9 Å². The van der Waals surface area contributed by atoms with Crippen molar-refractivity contribution in [1.29, 1.82) is 0 Å². The zero-order chi connectivity index (χ0) is 42.9. The molecular weight excluding hydrogens is 757 g/mol. The van der Waals surface area contributed by atoms with Gasteiger partial charge in [0.1, 0.15) is 19.3 Å². The minimum atomic E-state index is -4.60. The molecule has 0 saturated heterocycles. The fraction of sp³-hybridized carbons (Fsp3) is 0.848. The fourth-order valence-electron chi connectivity index (χ4n) is 7.06. The van der Waals surface area contributed by atoms with Gasteiger partial charge in [0, 0.05) is 25.4 Å². The van der Waals surface area contributed by atoms with Crippen LogP contribution in [-0.4, -0.2) is 104 Å². The number of carbonyl (C=O) groups is 1. The molecule has 1 aliphatic rings. The molecule has 1 rings (SSSR count). The lowest BCUT2D eigenvalue weighted by atomic mass is 9.89. The van der Waals surface area contributed by atoms with Gasteiger partial charge in [-0.25, -0.2) is 0 Å². The first kappa shape index (κ1) is 54.6. The van der Waals surface area contributed by atoms with E-state index in [4.69, 9.17) is 18.5 Å². The second-order valence-corrected chi connectivity index (χ2v) is 18.8. The fourth-order valence-corrected chi connectivity index (χ4v) is 7.79. The van der Waals surface area contributed by atoms with Crippen molar-refractivity contribution in [2.24, 2.45) is 11.8 Å². The summed E-state index contributed by atoms with van der Waals surface area (Å²) in [5, 5.41) is 31.4. The number of aliphatic hydroxyl groups is 3. The summed E-state index contributed by atoms with van der Waals surface area (Å²) in [6.07, 6.45) is 32.5. The second kappa shape index (κ2) is 34.2. The van der Waals surface area contributed by atoms with Gasteiger partial charge in [0.15, 0.2) is 0 Å². The van der Waals surface area contributed by atoms with Crippen LogP contribution in [0.4, 0.5) is 0 Å². The van der Waals surface area contributed by atoms with E-state index >= 15 is 0 Å². The number of hydrogen-bond acceptors (Lipinski definition) is 10. The molecule has 1 aliphatic carbocycles. The number of nitrogens with zero attached hydrogens (tertiary/aromatic N) is 1. The van der Waals surface area contributed by atoms with E-state index < -0.39 is 38.2 Å². The number of phosphoric ester groups is 1. The van der Waals surface area contributed by atoms with Gasteiger partial charge in [-0.2, -0.15) is 0 Å². The number of esters is 1. The number of likely N-dealkylation sites (N-methyl/N-ethyl adjacent to an activating group) is 1. The topological polar surface area (TPSA) is 155 Å². The van der Waals surface area contributed by atoms with E-state index in [-0.39, 0.29) is 38.1 Å². The second-order valence-electron chi connectivity index (χ2n) is 17.4. The first-order chi connectivity index (χ1) is 27.8. The highest BCUT2D eigenvalue weighted by Gasteiger charge is 2.39. The number of allylic oxidation sites excluding steroid dienone is 4. The summed E-state index contributed by atoms with van der Waals surface area (Å²) < 4.78 is 34.5. The molecule has 1 fully saturated rings. The largest absolute Gasteiger partial charge is 0.756 e. The Bertz CT molecular complexity index is 1140. The van der Waals surface area contributed by atoms with Crippen LogP contribution in [0.5, 0.6) is 0 Å². The molecule has 0 radical (unpaired) electrons. The zero-order valence-corrected chi connectivity index (χ0v) is 38.2. The van der Waals surface area contributed by atoms with Crippen LogP contribution in [0.15, 0.2) is 36.5 Å². The molecule has 0 aromatic heterocycles. The molecule has 3 N–H and O–H groups in total. The molecule has 0 heterocycles. The highest BCUT2D eigenvalue weighted by molar-refractivity contribution is 7.45. The van der Waals surface area contributed by atoms with E-state index in [0.29, 0.717) is 49.7 Å². The predicted octanol–water partition coefficient (Wildman–Crippen LogP) is 9.13. The van der Waals surface area contributed by atoms with Crippen molar-refractivity contribution >= 4 is 13.8 Å². The van der Waals surface area contributed by atoms with Crippen molar-refractivity contribution in [1.82, 2.24) is 0 Å². The summed E-state index contributed by atoms with van der Waals surface area (Å²) in [5.41, 5.74) is 0. The van der Waals surface area contributed by atoms with Crippen LogP contribution in [0.2, 0.25) is 0 Å². The third-order valence-corrected chi connectivity index (χ3v) is 11.7. The van der Waals surface area contributed by atoms with Crippen LogP contribution in [0.1, 0.15) is 162 Å². The van der Waals surface area contributed by atoms with Crippen molar-refractivity contribution < 1.29 is 52.6 Å². The van der Waals surface area contributed by atoms with Gasteiger partial charge < -0.3 is 43.2 Å². The van der Waals surface area contributed by atoms with Crippen LogP contribution in [-0.2, 0) is 27.9 Å². The molecule has 1 saturated carbocycles. The first-order valence-corrected chi connectivity index (χ1v) is 24.4. The van der Waals surface area contributed by atoms with Gasteiger partial charge in [0.05, 0.1) is 52.7 Å². The van der Waals surface area contributed by atoms with Gasteiger partial charge >= 0.3 is 5.97 Å². The maximum Gasteiger partial charge on any atom is 0.306 e. The van der Waals surface area contributed by atoms with Crippen LogP contribution in [0.25, 0.3) is 0 Å². The molecule has 7 atom stereocenters. The van der Waals surface area contributed by atoms with E-state index in [2.05, 4.69) is 26.0 Å². The van der Waals surface area contributed by atoms with Crippen LogP contribution in [0.3, 0.4) is 0 Å². The zero-order valence-electron chi connectivity index (χ0n) is 37.3. The molecule has 12 heteroatoms. The summed E-state index contributed by atoms with van der Waals surface area (Å²) in [6, 6.07) is 0. The van der Waals surface area contributed by atoms with Crippen LogP contribution >= 0.6 is 7.82 Å². The molecule has 0 amide bonds. The average Bonchev–Trinajstić information content (AvgIpc) is 3.43. The monoisotopic (exact) mass is 844 g/mol. The number of hydrogen-bond donors (Lipinski definition) is 3. The average molecular weight is 844 g/mol. The number of aliphatic hydroxyl groups excluding tert-OH is 3. The summed E-state index contributed by atoms with van der Waals surface area (Å²) in [7, 11) is 1.20. The molecule has 0 aliphatic heterocycles. The van der Waals surface area contributed by atoms with E-state index in [9.17, 15) is 29.6 Å². The lowest BCUT2D eigenvalue weighted by Gasteiger charge is -2.28. The Balaban J connectivity index is 2.45. The highest BCUT2D eigenvalue weighted by Crippen LogP contribution is 2.38. The lowest BCUT2D eigenvalue weighted by molar-refractivity contribution is -0.870. The number of quaternary nitrogens is 1. The predicted molar refractivity (Wildman–Crippen MR) is 233 cm³/mol. The smallest absolute Gasteiger partial charge is 0.306 e. The van der Waals surface area contributed by atoms with E-state index in [1.54, 1.807) is 6.08 Å². The van der Waals surface area contributed by atoms with Crippen molar-refractivity contribution in [3.63, 3.8) is 0 Å². The summed E-state index contributed by atoms with van der Waals surface area (Å²) in [5.74, 6) is -0.848. The van der Waals surface area contributed by atoms with Crippen molar-refractivity contribution in [2.75, 3.05) is 54.1 Å². The third-order valence-electron chi connectivity index (χ3n) is 10.7. The first-order valence-electron chi connectivity index (χ1n) is 23.0. The van der Waals surface area contributed by atoms with Gasteiger partial charge in [-0.3, -0.25) is 9.36 Å². The van der Waals surface area contributed by atoms with E-state index in [1.165, 1.54) is 64.2 Å². The van der Waals surface area contributed by atoms with Gasteiger partial charge in [0.2, 0.25) is 0 Å². The standard InChI is InChI=1S/C46H86NO10P/c1-6-8-10-11-12-13-14-15-16-17-18-19-20-21-24-28-35-54-38-41(39-56-58(52,53)55-36-34-47(3,4)5)57-46(51)31-27-23-22-26-30-42-43(45(50)37-44(42)49)33-32-40(48)29-25-9-7-2/h15-16,22,26,32-33,40-45,48-50H,6-14,17-21,23-25,27-31,34-39H2,1-5H3/b16-15-,26-22-,33-32+. The SMILES string of the molecule is CCCCCCCC/C=C\CCCCCCCCOCC(COP(=O)([O-])OCC[N+](C)(C)C)OC(=O)CCC/C=C\CC1C(O)CC(O)C1/C=C/C(O)CCCCC. The Morgan fingerprint density at radius 1 is 0.759 bits per heavy atom. The quantitative estimate of drug-likeness (QED) is 0.0180.